The van der Waals surface area contributed by atoms with E-state index in [9.17, 15) is 24.0 Å². The highest BCUT2D eigenvalue weighted by molar-refractivity contribution is 5.92. The van der Waals surface area contributed by atoms with Crippen LogP contribution in [0.1, 0.15) is 52.6 Å². The number of ether oxygens (including phenoxy) is 5. The molecule has 0 atom stereocenters. The Kier molecular flexibility index (Phi) is 12.3. The Morgan fingerprint density at radius 2 is 0.957 bits per heavy atom. The average molecular weight is 627 g/mol. The molecular weight excluding hydrogens is 592 g/mol. The highest BCUT2D eigenvalue weighted by Crippen LogP contribution is 2.24. The minimum absolute atomic E-state index is 0.0748. The number of hydrogen-bond acceptors (Lipinski definition) is 10. The number of carbonyl (C=O) groups is 5. The normalized spacial score (nSPS) is 10.2. The second kappa shape index (κ2) is 16.3. The van der Waals surface area contributed by atoms with Gasteiger partial charge in [0.05, 0.1) is 11.1 Å². The molecule has 10 heteroatoms. The summed E-state index contributed by atoms with van der Waals surface area (Å²) >= 11 is 0. The second-order valence-corrected chi connectivity index (χ2v) is 10.2. The molecule has 0 aromatic heterocycles. The summed E-state index contributed by atoms with van der Waals surface area (Å²) in [5, 5.41) is 0. The third-order valence-electron chi connectivity index (χ3n) is 6.28. The summed E-state index contributed by atoms with van der Waals surface area (Å²) in [5.74, 6) is -2.71. The molecule has 3 aromatic rings. The smallest absolute Gasteiger partial charge is 0.343 e. The third kappa shape index (κ3) is 10.2. The molecule has 46 heavy (non-hydrogen) atoms. The molecule has 0 saturated heterocycles. The summed E-state index contributed by atoms with van der Waals surface area (Å²) < 4.78 is 26.1. The molecule has 0 radical (unpaired) electrons. The van der Waals surface area contributed by atoms with E-state index in [1.54, 1.807) is 60.7 Å². The number of esters is 5. The van der Waals surface area contributed by atoms with Crippen molar-refractivity contribution in [3.63, 3.8) is 0 Å². The van der Waals surface area contributed by atoms with Gasteiger partial charge in [-0.25, -0.2) is 24.0 Å². The summed E-state index contributed by atoms with van der Waals surface area (Å²) in [6, 6.07) is 18.1. The largest absolute Gasteiger partial charge is 0.459 e. The van der Waals surface area contributed by atoms with Gasteiger partial charge in [0.25, 0.3) is 0 Å². The minimum Gasteiger partial charge on any atom is -0.459 e. The lowest BCUT2D eigenvalue weighted by Crippen LogP contribution is -2.14. The van der Waals surface area contributed by atoms with Crippen LogP contribution in [0.25, 0.3) is 11.1 Å². The molecule has 0 fully saturated rings. The van der Waals surface area contributed by atoms with Crippen LogP contribution in [0.3, 0.4) is 0 Å². The molecule has 10 nitrogen and oxygen atoms in total. The molecule has 238 valence electrons. The van der Waals surface area contributed by atoms with Crippen molar-refractivity contribution < 1.29 is 47.7 Å². The Morgan fingerprint density at radius 3 is 1.46 bits per heavy atom. The predicted molar refractivity (Wildman–Crippen MR) is 169 cm³/mol. The Labute approximate surface area is 266 Å². The molecule has 0 amide bonds. The first-order chi connectivity index (χ1) is 21.8. The van der Waals surface area contributed by atoms with Crippen LogP contribution in [0.5, 0.6) is 5.75 Å². The van der Waals surface area contributed by atoms with Crippen molar-refractivity contribution in [1.29, 1.82) is 0 Å². The number of benzene rings is 3. The lowest BCUT2D eigenvalue weighted by atomic mass is 10.0. The molecule has 0 bridgehead atoms. The van der Waals surface area contributed by atoms with Crippen LogP contribution in [-0.4, -0.2) is 43.1 Å². The fourth-order valence-electron chi connectivity index (χ4n) is 3.71. The van der Waals surface area contributed by atoms with Gasteiger partial charge >= 0.3 is 29.8 Å². The van der Waals surface area contributed by atoms with Gasteiger partial charge in [-0.15, -0.1) is 0 Å². The van der Waals surface area contributed by atoms with E-state index < -0.39 is 29.8 Å². The molecule has 0 aliphatic rings. The fraction of sp³-hybridized carbons (Fsp3) is 0.194. The van der Waals surface area contributed by atoms with Gasteiger partial charge in [0.15, 0.2) is 0 Å². The van der Waals surface area contributed by atoms with Gasteiger partial charge in [-0.05, 0) is 79.4 Å². The highest BCUT2D eigenvalue weighted by Gasteiger charge is 2.15. The quantitative estimate of drug-likeness (QED) is 0.0681. The van der Waals surface area contributed by atoms with E-state index in [0.717, 1.165) is 11.1 Å². The van der Waals surface area contributed by atoms with Gasteiger partial charge in [0.2, 0.25) is 0 Å². The van der Waals surface area contributed by atoms with Crippen LogP contribution in [-0.2, 0) is 46.5 Å². The number of hydrogen-bond donors (Lipinski definition) is 0. The van der Waals surface area contributed by atoms with Gasteiger partial charge in [-0.3, -0.25) is 0 Å². The standard InChI is InChI=1S/C36H34O10/c1-22(2)32(37)42-17-18-43-35(40)27-11-7-25(8-12-27)26-9-13-28(14-10-26)36(41)46-31-16-15-29(20-44-33(38)23(3)4)30(19-31)21-45-34(39)24(5)6/h7-16,19H,1,3,5,17-18,20-21H2,2,4,6H3. The molecule has 0 aliphatic carbocycles. The molecular formula is C36H34O10. The van der Waals surface area contributed by atoms with E-state index in [-0.39, 0.29) is 54.5 Å². The van der Waals surface area contributed by atoms with Gasteiger partial charge in [0.1, 0.15) is 32.2 Å². The SMILES string of the molecule is C=C(C)C(=O)OCCOC(=O)c1ccc(-c2ccc(C(=O)Oc3ccc(COC(=O)C(=C)C)c(COC(=O)C(=C)C)c3)cc2)cc1. The zero-order chi connectivity index (χ0) is 33.8. The van der Waals surface area contributed by atoms with Crippen molar-refractivity contribution >= 4 is 29.8 Å². The maximum Gasteiger partial charge on any atom is 0.343 e. The lowest BCUT2D eigenvalue weighted by molar-refractivity contribution is -0.141. The maximum atomic E-state index is 12.9. The van der Waals surface area contributed by atoms with Crippen molar-refractivity contribution in [3.8, 4) is 16.9 Å². The van der Waals surface area contributed by atoms with Crippen molar-refractivity contribution in [3.05, 3.63) is 125 Å². The molecule has 0 spiro atoms. The van der Waals surface area contributed by atoms with Crippen LogP contribution in [0.2, 0.25) is 0 Å². The lowest BCUT2D eigenvalue weighted by Gasteiger charge is -2.13. The van der Waals surface area contributed by atoms with E-state index in [4.69, 9.17) is 23.7 Å². The van der Waals surface area contributed by atoms with E-state index >= 15 is 0 Å². The third-order valence-corrected chi connectivity index (χ3v) is 6.28. The maximum absolute atomic E-state index is 12.9. The Bertz CT molecular complexity index is 1660. The van der Waals surface area contributed by atoms with Crippen LogP contribution >= 0.6 is 0 Å². The second-order valence-electron chi connectivity index (χ2n) is 10.2. The van der Waals surface area contributed by atoms with Crippen molar-refractivity contribution in [1.82, 2.24) is 0 Å². The van der Waals surface area contributed by atoms with E-state index in [1.807, 2.05) is 0 Å². The van der Waals surface area contributed by atoms with Crippen LogP contribution < -0.4 is 4.74 Å². The molecule has 0 heterocycles. The Hall–Kier alpha value is -5.77. The topological polar surface area (TPSA) is 132 Å². The summed E-state index contributed by atoms with van der Waals surface area (Å²) in [4.78, 5) is 60.4. The highest BCUT2D eigenvalue weighted by atomic mass is 16.6. The number of carbonyl (C=O) groups excluding carboxylic acids is 5. The fourth-order valence-corrected chi connectivity index (χ4v) is 3.71. The summed E-state index contributed by atoms with van der Waals surface area (Å²) in [5.41, 5.74) is 3.93. The van der Waals surface area contributed by atoms with Crippen molar-refractivity contribution in [2.45, 2.75) is 34.0 Å². The Morgan fingerprint density at radius 1 is 0.522 bits per heavy atom. The first-order valence-corrected chi connectivity index (χ1v) is 14.0. The summed E-state index contributed by atoms with van der Waals surface area (Å²) in [6.45, 7) is 14.7. The molecule has 0 saturated carbocycles. The van der Waals surface area contributed by atoms with E-state index in [1.165, 1.54) is 26.8 Å². The number of rotatable bonds is 14. The zero-order valence-electron chi connectivity index (χ0n) is 25.9. The van der Waals surface area contributed by atoms with E-state index in [2.05, 4.69) is 19.7 Å². The van der Waals surface area contributed by atoms with Gasteiger partial charge in [0, 0.05) is 16.7 Å². The molecule has 3 rings (SSSR count). The first-order valence-electron chi connectivity index (χ1n) is 14.0. The van der Waals surface area contributed by atoms with E-state index in [0.29, 0.717) is 16.7 Å². The minimum atomic E-state index is -0.620. The Balaban J connectivity index is 1.64. The molecule has 0 N–H and O–H groups in total. The van der Waals surface area contributed by atoms with Crippen LogP contribution in [0.15, 0.2) is 103 Å². The van der Waals surface area contributed by atoms with Gasteiger partial charge in [-0.2, -0.15) is 0 Å². The molecule has 0 aliphatic heterocycles. The molecule has 0 unspecified atom stereocenters. The average Bonchev–Trinajstić information content (AvgIpc) is 3.04. The van der Waals surface area contributed by atoms with Crippen LogP contribution in [0, 0.1) is 0 Å². The van der Waals surface area contributed by atoms with Gasteiger partial charge < -0.3 is 23.7 Å². The summed E-state index contributed by atoms with van der Waals surface area (Å²) in [7, 11) is 0. The van der Waals surface area contributed by atoms with Crippen LogP contribution in [0.4, 0.5) is 0 Å². The summed E-state index contributed by atoms with van der Waals surface area (Å²) in [6.07, 6.45) is 0. The first kappa shape index (κ1) is 34.7. The zero-order valence-corrected chi connectivity index (χ0v) is 25.9. The molecule has 3 aromatic carbocycles. The van der Waals surface area contributed by atoms with Crippen molar-refractivity contribution in [2.75, 3.05) is 13.2 Å². The monoisotopic (exact) mass is 626 g/mol. The van der Waals surface area contributed by atoms with Gasteiger partial charge in [-0.1, -0.05) is 50.1 Å². The predicted octanol–water partition coefficient (Wildman–Crippen LogP) is 6.09. The van der Waals surface area contributed by atoms with Crippen molar-refractivity contribution in [2.24, 2.45) is 0 Å².